The number of hydrogen-bond donors (Lipinski definition) is 0. The van der Waals surface area contributed by atoms with Crippen molar-refractivity contribution in [2.24, 2.45) is 5.92 Å². The molecule has 0 spiro atoms. The average molecular weight is 400 g/mol. The fourth-order valence-electron chi connectivity index (χ4n) is 2.90. The van der Waals surface area contributed by atoms with Crippen molar-refractivity contribution in [2.45, 2.75) is 26.7 Å². The third-order valence-corrected chi connectivity index (χ3v) is 5.66. The quantitative estimate of drug-likeness (QED) is 0.642. The van der Waals surface area contributed by atoms with Gasteiger partial charge in [-0.3, -0.25) is 0 Å². The molecule has 0 amide bonds. The predicted octanol–water partition coefficient (Wildman–Crippen LogP) is 4.70. The van der Waals surface area contributed by atoms with Crippen LogP contribution in [0.2, 0.25) is 0 Å². The Morgan fingerprint density at radius 3 is 2.50 bits per heavy atom. The van der Waals surface area contributed by atoms with E-state index in [2.05, 4.69) is 50.2 Å². The zero-order valence-corrected chi connectivity index (χ0v) is 14.5. The predicted molar refractivity (Wildman–Crippen MR) is 74.0 cm³/mol. The minimum atomic E-state index is 0.708. The van der Waals surface area contributed by atoms with Gasteiger partial charge in [-0.2, -0.15) is 0 Å². The van der Waals surface area contributed by atoms with Gasteiger partial charge in [-0.25, -0.2) is 0 Å². The molecule has 0 aliphatic heterocycles. The molecule has 0 radical (unpaired) electrons. The Morgan fingerprint density at radius 2 is 1.83 bits per heavy atom. The van der Waals surface area contributed by atoms with Gasteiger partial charge in [0.1, 0.15) is 0 Å². The summed E-state index contributed by atoms with van der Waals surface area (Å²) in [5.41, 5.74) is 4.74. The molecule has 18 heavy (non-hydrogen) atoms. The van der Waals surface area contributed by atoms with Gasteiger partial charge in [0.25, 0.3) is 0 Å². The Hall–Kier alpha value is -0.690. The summed E-state index contributed by atoms with van der Waals surface area (Å²) in [7, 11) is 0. The molecule has 1 heteroatoms. The van der Waals surface area contributed by atoms with E-state index in [1.54, 1.807) is 14.5 Å². The molecular formula is C17H17Hf. The monoisotopic (exact) mass is 401 g/mol. The van der Waals surface area contributed by atoms with Gasteiger partial charge in [0.05, 0.1) is 0 Å². The van der Waals surface area contributed by atoms with Crippen LogP contribution in [0.15, 0.2) is 39.7 Å². The molecule has 0 bridgehead atoms. The summed E-state index contributed by atoms with van der Waals surface area (Å²) in [6.45, 7) is 4.67. The SMILES string of the molecule is CCC(C)C1=[C]([Hf])Cc2cc3ccccc3cc21. The summed E-state index contributed by atoms with van der Waals surface area (Å²) in [4.78, 5) is 0. The third-order valence-electron chi connectivity index (χ3n) is 4.06. The van der Waals surface area contributed by atoms with Crippen LogP contribution in [0.3, 0.4) is 0 Å². The summed E-state index contributed by atoms with van der Waals surface area (Å²) < 4.78 is 1.70. The summed E-state index contributed by atoms with van der Waals surface area (Å²) in [6, 6.07) is 13.5. The average Bonchev–Trinajstić information content (AvgIpc) is 2.70. The molecule has 0 nitrogen and oxygen atoms in total. The number of allylic oxidation sites excluding steroid dienone is 2. The Bertz CT molecular complexity index is 637. The number of rotatable bonds is 2. The van der Waals surface area contributed by atoms with E-state index in [9.17, 15) is 0 Å². The second-order valence-corrected chi connectivity index (χ2v) is 7.40. The van der Waals surface area contributed by atoms with Crippen LogP contribution in [0.25, 0.3) is 16.3 Å². The van der Waals surface area contributed by atoms with Crippen LogP contribution in [0, 0.1) is 5.92 Å². The van der Waals surface area contributed by atoms with E-state index < -0.39 is 0 Å². The molecule has 2 aromatic rings. The summed E-state index contributed by atoms with van der Waals surface area (Å²) in [5, 5.41) is 2.77. The topological polar surface area (TPSA) is 0 Å². The maximum absolute atomic E-state index is 2.41. The molecule has 0 aromatic heterocycles. The fourth-order valence-corrected chi connectivity index (χ4v) is 4.95. The van der Waals surface area contributed by atoms with Gasteiger partial charge in [0, 0.05) is 0 Å². The van der Waals surface area contributed by atoms with Crippen LogP contribution in [0.5, 0.6) is 0 Å². The van der Waals surface area contributed by atoms with Crippen LogP contribution >= 0.6 is 0 Å². The first-order chi connectivity index (χ1) is 8.70. The van der Waals surface area contributed by atoms with Crippen LogP contribution in [-0.2, 0) is 30.8 Å². The first kappa shape index (κ1) is 12.3. The maximum atomic E-state index is 2.41. The van der Waals surface area contributed by atoms with Crippen molar-refractivity contribution in [1.82, 2.24) is 0 Å². The van der Waals surface area contributed by atoms with Crippen molar-refractivity contribution in [1.29, 1.82) is 0 Å². The van der Waals surface area contributed by atoms with Crippen molar-refractivity contribution in [2.75, 3.05) is 0 Å². The van der Waals surface area contributed by atoms with E-state index in [4.69, 9.17) is 0 Å². The van der Waals surface area contributed by atoms with Crippen molar-refractivity contribution < 1.29 is 24.4 Å². The number of fused-ring (bicyclic) bond motifs is 2. The third kappa shape index (κ3) is 1.93. The van der Waals surface area contributed by atoms with Gasteiger partial charge in [-0.15, -0.1) is 0 Å². The first-order valence-corrected chi connectivity index (χ1v) is 8.47. The fraction of sp³-hybridized carbons (Fsp3) is 0.294. The van der Waals surface area contributed by atoms with E-state index in [1.807, 2.05) is 0 Å². The molecule has 2 aromatic carbocycles. The zero-order valence-electron chi connectivity index (χ0n) is 11.0. The molecule has 0 saturated carbocycles. The zero-order chi connectivity index (χ0) is 12.7. The normalized spacial score (nSPS) is 16.1. The molecule has 0 heterocycles. The Kier molecular flexibility index (Phi) is 3.27. The summed E-state index contributed by atoms with van der Waals surface area (Å²) >= 11 is 1.20. The molecule has 1 aliphatic carbocycles. The van der Waals surface area contributed by atoms with E-state index in [-0.39, 0.29) is 0 Å². The van der Waals surface area contributed by atoms with E-state index in [1.165, 1.54) is 53.6 Å². The molecular weight excluding hydrogens is 383 g/mol. The van der Waals surface area contributed by atoms with Gasteiger partial charge in [-0.05, 0) is 0 Å². The minimum absolute atomic E-state index is 0.708. The number of benzene rings is 2. The molecule has 89 valence electrons. The molecule has 3 rings (SSSR count). The van der Waals surface area contributed by atoms with Gasteiger partial charge in [0.15, 0.2) is 0 Å². The number of hydrogen-bond acceptors (Lipinski definition) is 0. The van der Waals surface area contributed by atoms with Crippen molar-refractivity contribution in [3.8, 4) is 0 Å². The summed E-state index contributed by atoms with van der Waals surface area (Å²) in [6.07, 6.45) is 2.44. The van der Waals surface area contributed by atoms with Gasteiger partial charge in [0.2, 0.25) is 0 Å². The molecule has 1 aliphatic rings. The molecule has 1 atom stereocenters. The first-order valence-electron chi connectivity index (χ1n) is 6.67. The van der Waals surface area contributed by atoms with Crippen LogP contribution in [-0.4, -0.2) is 0 Å². The van der Waals surface area contributed by atoms with Crippen LogP contribution in [0.1, 0.15) is 31.4 Å². The van der Waals surface area contributed by atoms with E-state index in [0.29, 0.717) is 5.92 Å². The Labute approximate surface area is 124 Å². The second kappa shape index (κ2) is 4.77. The molecule has 0 fully saturated rings. The van der Waals surface area contributed by atoms with E-state index >= 15 is 0 Å². The van der Waals surface area contributed by atoms with Gasteiger partial charge >= 0.3 is 124 Å². The van der Waals surface area contributed by atoms with Crippen LogP contribution in [0.4, 0.5) is 0 Å². The Balaban J connectivity index is 2.20. The van der Waals surface area contributed by atoms with Gasteiger partial charge < -0.3 is 0 Å². The molecule has 1 unspecified atom stereocenters. The van der Waals surface area contributed by atoms with Crippen molar-refractivity contribution >= 4 is 16.3 Å². The van der Waals surface area contributed by atoms with Gasteiger partial charge in [-0.1, -0.05) is 0 Å². The van der Waals surface area contributed by atoms with E-state index in [0.717, 1.165) is 0 Å². The van der Waals surface area contributed by atoms with Crippen molar-refractivity contribution in [3.63, 3.8) is 0 Å². The molecule has 0 saturated heterocycles. The van der Waals surface area contributed by atoms with Crippen molar-refractivity contribution in [3.05, 3.63) is 50.9 Å². The Morgan fingerprint density at radius 1 is 1.17 bits per heavy atom. The standard InChI is InChI=1S/C17H17.Hf/c1-3-12(2)16-9-8-15-10-13-6-4-5-7-14(13)11-17(15)16;/h4-7,10-12H,3,8H2,1-2H3;. The molecule has 0 N–H and O–H groups in total. The second-order valence-electron chi connectivity index (χ2n) is 5.23. The van der Waals surface area contributed by atoms with Crippen LogP contribution < -0.4 is 0 Å². The summed E-state index contributed by atoms with van der Waals surface area (Å²) in [5.74, 6) is 0.708.